The highest BCUT2D eigenvalue weighted by Crippen LogP contribution is 2.19. The van der Waals surface area contributed by atoms with E-state index in [1.165, 1.54) is 24.0 Å². The summed E-state index contributed by atoms with van der Waals surface area (Å²) < 4.78 is 5.48. The van der Waals surface area contributed by atoms with Gasteiger partial charge in [-0.2, -0.15) is 0 Å². The van der Waals surface area contributed by atoms with Crippen molar-refractivity contribution in [2.24, 2.45) is 0 Å². The fourth-order valence-corrected chi connectivity index (χ4v) is 1.70. The number of ether oxygens (including phenoxy) is 1. The van der Waals surface area contributed by atoms with Gasteiger partial charge in [0.2, 0.25) is 0 Å². The van der Waals surface area contributed by atoms with Gasteiger partial charge in [0.1, 0.15) is 5.75 Å². The molecule has 1 rings (SSSR count). The molecule has 0 heterocycles. The minimum absolute atomic E-state index is 0.746. The van der Waals surface area contributed by atoms with Crippen LogP contribution >= 0.6 is 0 Å². The lowest BCUT2D eigenvalue weighted by molar-refractivity contribution is 0.340. The van der Waals surface area contributed by atoms with Crippen LogP contribution in [0, 0.1) is 0 Å². The summed E-state index contributed by atoms with van der Waals surface area (Å²) in [4.78, 5) is 0. The molecule has 1 heteroatoms. The number of benzene rings is 1. The Morgan fingerprint density at radius 2 is 1.86 bits per heavy atom. The molecule has 0 saturated carbocycles. The summed E-state index contributed by atoms with van der Waals surface area (Å²) in [6, 6.07) is 6.45. The zero-order valence-corrected chi connectivity index (χ0v) is 9.47. The van der Waals surface area contributed by atoms with E-state index in [0.717, 1.165) is 18.8 Å². The Morgan fingerprint density at radius 1 is 1.07 bits per heavy atom. The smallest absolute Gasteiger partial charge is 0.119 e. The Hall–Kier alpha value is -0.980. The largest absolute Gasteiger partial charge is 0.494 e. The van der Waals surface area contributed by atoms with Crippen molar-refractivity contribution in [3.05, 3.63) is 29.3 Å². The molecule has 1 aromatic carbocycles. The minimum atomic E-state index is 0.746. The van der Waals surface area contributed by atoms with Crippen molar-refractivity contribution in [3.63, 3.8) is 0 Å². The summed E-state index contributed by atoms with van der Waals surface area (Å²) in [5, 5.41) is 0. The van der Waals surface area contributed by atoms with E-state index in [2.05, 4.69) is 32.0 Å². The van der Waals surface area contributed by atoms with Crippen LogP contribution in [0.2, 0.25) is 0 Å². The van der Waals surface area contributed by atoms with E-state index >= 15 is 0 Å². The summed E-state index contributed by atoms with van der Waals surface area (Å²) in [5.74, 6) is 1.00. The monoisotopic (exact) mass is 192 g/mol. The molecule has 78 valence electrons. The predicted octanol–water partition coefficient (Wildman–Crippen LogP) is 3.60. The first-order chi connectivity index (χ1) is 6.81. The van der Waals surface area contributed by atoms with E-state index in [4.69, 9.17) is 4.74 Å². The molecule has 0 aromatic heterocycles. The topological polar surface area (TPSA) is 9.23 Å². The molecule has 0 aliphatic rings. The number of rotatable bonds is 5. The van der Waals surface area contributed by atoms with E-state index in [0.29, 0.717) is 0 Å². The molecule has 0 saturated heterocycles. The molecule has 0 unspecified atom stereocenters. The van der Waals surface area contributed by atoms with Gasteiger partial charge in [0, 0.05) is 0 Å². The normalized spacial score (nSPS) is 10.2. The molecule has 0 spiro atoms. The van der Waals surface area contributed by atoms with Crippen LogP contribution in [0.5, 0.6) is 5.75 Å². The molecule has 0 atom stereocenters. The first-order valence-electron chi connectivity index (χ1n) is 5.56. The Morgan fingerprint density at radius 3 is 2.43 bits per heavy atom. The van der Waals surface area contributed by atoms with Gasteiger partial charge in [-0.3, -0.25) is 0 Å². The van der Waals surface area contributed by atoms with Crippen molar-refractivity contribution in [1.29, 1.82) is 0 Å². The molecule has 0 fully saturated rings. The Balaban J connectivity index is 2.87. The second kappa shape index (κ2) is 5.69. The molecule has 0 amide bonds. The standard InChI is InChI=1S/C13H20O/c1-4-7-12-8-9-13(14-6-3)10-11(12)5-2/h8-10H,4-7H2,1-3H3. The number of aryl methyl sites for hydroxylation is 2. The SMILES string of the molecule is CCCc1ccc(OCC)cc1CC. The highest BCUT2D eigenvalue weighted by Gasteiger charge is 2.01. The van der Waals surface area contributed by atoms with Crippen LogP contribution in [0.1, 0.15) is 38.3 Å². The Bertz CT molecular complexity index is 279. The maximum Gasteiger partial charge on any atom is 0.119 e. The van der Waals surface area contributed by atoms with Gasteiger partial charge in [-0.05, 0) is 43.0 Å². The number of hydrogen-bond acceptors (Lipinski definition) is 1. The van der Waals surface area contributed by atoms with Crippen LogP contribution in [-0.2, 0) is 12.8 Å². The van der Waals surface area contributed by atoms with Gasteiger partial charge in [-0.15, -0.1) is 0 Å². The molecule has 0 radical (unpaired) electrons. The summed E-state index contributed by atoms with van der Waals surface area (Å²) in [7, 11) is 0. The van der Waals surface area contributed by atoms with Crippen molar-refractivity contribution >= 4 is 0 Å². The van der Waals surface area contributed by atoms with Crippen LogP contribution < -0.4 is 4.74 Å². The first kappa shape index (κ1) is 11.1. The maximum atomic E-state index is 5.48. The number of hydrogen-bond donors (Lipinski definition) is 0. The van der Waals surface area contributed by atoms with Gasteiger partial charge in [-0.25, -0.2) is 0 Å². The second-order valence-electron chi connectivity index (χ2n) is 3.47. The van der Waals surface area contributed by atoms with Crippen molar-refractivity contribution in [2.45, 2.75) is 40.0 Å². The Labute approximate surface area is 87.1 Å². The van der Waals surface area contributed by atoms with Crippen molar-refractivity contribution in [2.75, 3.05) is 6.61 Å². The van der Waals surface area contributed by atoms with Crippen molar-refractivity contribution in [1.82, 2.24) is 0 Å². The van der Waals surface area contributed by atoms with E-state index < -0.39 is 0 Å². The summed E-state index contributed by atoms with van der Waals surface area (Å²) in [6.07, 6.45) is 3.48. The van der Waals surface area contributed by atoms with E-state index in [-0.39, 0.29) is 0 Å². The third-order valence-corrected chi connectivity index (χ3v) is 2.39. The molecular formula is C13H20O. The molecule has 0 N–H and O–H groups in total. The maximum absolute atomic E-state index is 5.48. The zero-order valence-electron chi connectivity index (χ0n) is 9.47. The fraction of sp³-hybridized carbons (Fsp3) is 0.538. The zero-order chi connectivity index (χ0) is 10.4. The minimum Gasteiger partial charge on any atom is -0.494 e. The van der Waals surface area contributed by atoms with Gasteiger partial charge in [0.15, 0.2) is 0 Å². The summed E-state index contributed by atoms with van der Waals surface area (Å²) in [5.41, 5.74) is 2.90. The second-order valence-corrected chi connectivity index (χ2v) is 3.47. The molecule has 0 aliphatic carbocycles. The highest BCUT2D eigenvalue weighted by atomic mass is 16.5. The van der Waals surface area contributed by atoms with Gasteiger partial charge < -0.3 is 4.74 Å². The fourth-order valence-electron chi connectivity index (χ4n) is 1.70. The van der Waals surface area contributed by atoms with E-state index in [1.54, 1.807) is 0 Å². The van der Waals surface area contributed by atoms with Gasteiger partial charge in [0.25, 0.3) is 0 Å². The van der Waals surface area contributed by atoms with Crippen LogP contribution in [0.15, 0.2) is 18.2 Å². The highest BCUT2D eigenvalue weighted by molar-refractivity contribution is 5.35. The van der Waals surface area contributed by atoms with Gasteiger partial charge >= 0.3 is 0 Å². The van der Waals surface area contributed by atoms with Crippen LogP contribution in [0.25, 0.3) is 0 Å². The van der Waals surface area contributed by atoms with E-state index in [1.807, 2.05) is 6.92 Å². The Kier molecular flexibility index (Phi) is 4.51. The molecule has 0 aliphatic heterocycles. The predicted molar refractivity (Wildman–Crippen MR) is 61.0 cm³/mol. The summed E-state index contributed by atoms with van der Waals surface area (Å²) in [6.45, 7) is 7.18. The molecule has 1 aromatic rings. The lowest BCUT2D eigenvalue weighted by Crippen LogP contribution is -1.96. The molecular weight excluding hydrogens is 172 g/mol. The van der Waals surface area contributed by atoms with Crippen LogP contribution in [0.4, 0.5) is 0 Å². The quantitative estimate of drug-likeness (QED) is 0.692. The van der Waals surface area contributed by atoms with Crippen molar-refractivity contribution < 1.29 is 4.74 Å². The molecule has 14 heavy (non-hydrogen) atoms. The van der Waals surface area contributed by atoms with Gasteiger partial charge in [-0.1, -0.05) is 26.3 Å². The van der Waals surface area contributed by atoms with Crippen molar-refractivity contribution in [3.8, 4) is 5.75 Å². The first-order valence-corrected chi connectivity index (χ1v) is 5.56. The summed E-state index contributed by atoms with van der Waals surface area (Å²) >= 11 is 0. The third-order valence-electron chi connectivity index (χ3n) is 2.39. The average molecular weight is 192 g/mol. The third kappa shape index (κ3) is 2.76. The van der Waals surface area contributed by atoms with Gasteiger partial charge in [0.05, 0.1) is 6.61 Å². The van der Waals surface area contributed by atoms with E-state index in [9.17, 15) is 0 Å². The van der Waals surface area contributed by atoms with Crippen LogP contribution in [-0.4, -0.2) is 6.61 Å². The molecule has 0 bridgehead atoms. The van der Waals surface area contributed by atoms with Crippen LogP contribution in [0.3, 0.4) is 0 Å². The lowest BCUT2D eigenvalue weighted by Gasteiger charge is -2.09. The molecule has 1 nitrogen and oxygen atoms in total. The lowest BCUT2D eigenvalue weighted by atomic mass is 10.0. The average Bonchev–Trinajstić information content (AvgIpc) is 2.21.